The number of carbonyl (C=O) groups is 1. The van der Waals surface area contributed by atoms with Crippen molar-refractivity contribution in [2.24, 2.45) is 0 Å². The smallest absolute Gasteiger partial charge is 0.380 e. The number of rotatable bonds is 3. The van der Waals surface area contributed by atoms with Gasteiger partial charge in [0.25, 0.3) is 0 Å². The van der Waals surface area contributed by atoms with Crippen LogP contribution in [0.25, 0.3) is 0 Å². The molecule has 0 fully saturated rings. The van der Waals surface area contributed by atoms with Crippen molar-refractivity contribution in [2.45, 2.75) is 25.1 Å². The molecule has 0 spiro atoms. The minimum atomic E-state index is -4.85. The number of nitrogens with one attached hydrogen (secondary N) is 1. The van der Waals surface area contributed by atoms with Crippen LogP contribution in [-0.2, 0) is 4.79 Å². The first-order valence-corrected chi connectivity index (χ1v) is 5.76. The lowest BCUT2D eigenvalue weighted by Gasteiger charge is -2.25. The highest BCUT2D eigenvalue weighted by atomic mass is 79.9. The van der Waals surface area contributed by atoms with E-state index in [1.165, 1.54) is 6.07 Å². The highest BCUT2D eigenvalue weighted by Gasteiger charge is 2.50. The van der Waals surface area contributed by atoms with Gasteiger partial charge in [-0.15, -0.1) is 0 Å². The summed E-state index contributed by atoms with van der Waals surface area (Å²) in [4.78, 5) is 11.4. The number of hydrogen-bond donors (Lipinski definition) is 2. The number of benzene rings is 1. The third kappa shape index (κ3) is 3.99. The van der Waals surface area contributed by atoms with Crippen LogP contribution in [-0.4, -0.2) is 22.8 Å². The van der Waals surface area contributed by atoms with E-state index in [2.05, 4.69) is 21.2 Å². The maximum absolute atomic E-state index is 12.4. The average molecular weight is 326 g/mol. The molecular formula is C11H11BrF3NO2. The van der Waals surface area contributed by atoms with Gasteiger partial charge >= 0.3 is 6.18 Å². The van der Waals surface area contributed by atoms with Crippen LogP contribution in [0.2, 0.25) is 0 Å². The van der Waals surface area contributed by atoms with Crippen molar-refractivity contribution in [3.63, 3.8) is 0 Å². The van der Waals surface area contributed by atoms with Gasteiger partial charge in [-0.2, -0.15) is 13.2 Å². The number of halogens is 4. The molecule has 7 heteroatoms. The van der Waals surface area contributed by atoms with Crippen LogP contribution in [0.3, 0.4) is 0 Å². The van der Waals surface area contributed by atoms with E-state index >= 15 is 0 Å². The van der Waals surface area contributed by atoms with E-state index in [9.17, 15) is 18.0 Å². The quantitative estimate of drug-likeness (QED) is 0.897. The third-order valence-electron chi connectivity index (χ3n) is 2.22. The van der Waals surface area contributed by atoms with Crippen molar-refractivity contribution in [1.82, 2.24) is 0 Å². The SMILES string of the molecule is C[C@](O)(CC(=O)Nc1cccc(Br)c1)C(F)(F)F. The molecule has 0 radical (unpaired) electrons. The Balaban J connectivity index is 2.68. The molecule has 1 aromatic rings. The molecule has 0 saturated heterocycles. The van der Waals surface area contributed by atoms with E-state index in [4.69, 9.17) is 5.11 Å². The van der Waals surface area contributed by atoms with Crippen LogP contribution >= 0.6 is 15.9 Å². The van der Waals surface area contributed by atoms with Gasteiger partial charge in [0.05, 0.1) is 6.42 Å². The van der Waals surface area contributed by atoms with Crippen LogP contribution in [0.15, 0.2) is 28.7 Å². The van der Waals surface area contributed by atoms with Crippen molar-refractivity contribution in [1.29, 1.82) is 0 Å². The van der Waals surface area contributed by atoms with Crippen LogP contribution in [0, 0.1) is 0 Å². The maximum Gasteiger partial charge on any atom is 0.417 e. The lowest BCUT2D eigenvalue weighted by Crippen LogP contribution is -2.44. The van der Waals surface area contributed by atoms with E-state index in [1.54, 1.807) is 18.2 Å². The van der Waals surface area contributed by atoms with Crippen LogP contribution < -0.4 is 5.32 Å². The fraction of sp³-hybridized carbons (Fsp3) is 0.364. The Morgan fingerprint density at radius 3 is 2.56 bits per heavy atom. The molecule has 1 amide bonds. The molecule has 1 atom stereocenters. The molecule has 1 rings (SSSR count). The molecule has 1 aromatic carbocycles. The Hall–Kier alpha value is -1.08. The van der Waals surface area contributed by atoms with Crippen molar-refractivity contribution >= 4 is 27.5 Å². The minimum Gasteiger partial charge on any atom is -0.380 e. The van der Waals surface area contributed by atoms with Crippen LogP contribution in [0.5, 0.6) is 0 Å². The molecule has 100 valence electrons. The number of hydrogen-bond acceptors (Lipinski definition) is 2. The second-order valence-corrected chi connectivity index (χ2v) is 4.92. The molecule has 2 N–H and O–H groups in total. The Labute approximate surface area is 110 Å². The van der Waals surface area contributed by atoms with Gasteiger partial charge in [0.2, 0.25) is 5.91 Å². The van der Waals surface area contributed by atoms with E-state index in [1.807, 2.05) is 0 Å². The molecule has 18 heavy (non-hydrogen) atoms. The number of anilines is 1. The zero-order valence-corrected chi connectivity index (χ0v) is 11.0. The molecular weight excluding hydrogens is 315 g/mol. The zero-order valence-electron chi connectivity index (χ0n) is 9.38. The summed E-state index contributed by atoms with van der Waals surface area (Å²) in [7, 11) is 0. The lowest BCUT2D eigenvalue weighted by molar-refractivity contribution is -0.252. The summed E-state index contributed by atoms with van der Waals surface area (Å²) in [6.07, 6.45) is -5.90. The van der Waals surface area contributed by atoms with E-state index in [0.717, 1.165) is 0 Å². The van der Waals surface area contributed by atoms with Gasteiger partial charge in [0.15, 0.2) is 5.60 Å². The largest absolute Gasteiger partial charge is 0.417 e. The first-order valence-electron chi connectivity index (χ1n) is 4.96. The third-order valence-corrected chi connectivity index (χ3v) is 2.72. The van der Waals surface area contributed by atoms with Crippen LogP contribution in [0.4, 0.5) is 18.9 Å². The van der Waals surface area contributed by atoms with E-state index in [-0.39, 0.29) is 0 Å². The summed E-state index contributed by atoms with van der Waals surface area (Å²) < 4.78 is 37.8. The number of carbonyl (C=O) groups excluding carboxylic acids is 1. The standard InChI is InChI=1S/C11H11BrF3NO2/c1-10(18,11(13,14)15)6-9(17)16-8-4-2-3-7(12)5-8/h2-5,18H,6H2,1H3,(H,16,17)/t10-/m0/s1. The Kier molecular flexibility index (Phi) is 4.39. The normalized spacial score (nSPS) is 15.0. The fourth-order valence-electron chi connectivity index (χ4n) is 1.18. The predicted molar refractivity (Wildman–Crippen MR) is 64.1 cm³/mol. The van der Waals surface area contributed by atoms with Gasteiger partial charge in [-0.25, -0.2) is 0 Å². The van der Waals surface area contributed by atoms with Gasteiger partial charge in [-0.1, -0.05) is 22.0 Å². The molecule has 3 nitrogen and oxygen atoms in total. The Morgan fingerprint density at radius 1 is 1.44 bits per heavy atom. The van der Waals surface area contributed by atoms with Gasteiger partial charge in [-0.3, -0.25) is 4.79 Å². The second kappa shape index (κ2) is 5.27. The van der Waals surface area contributed by atoms with Gasteiger partial charge < -0.3 is 10.4 Å². The predicted octanol–water partition coefficient (Wildman–Crippen LogP) is 3.09. The molecule has 0 aliphatic carbocycles. The average Bonchev–Trinajstić information content (AvgIpc) is 2.14. The maximum atomic E-state index is 12.4. The molecule has 0 aromatic heterocycles. The minimum absolute atomic E-state index is 0.354. The van der Waals surface area contributed by atoms with Crippen molar-refractivity contribution < 1.29 is 23.1 Å². The summed E-state index contributed by atoms with van der Waals surface area (Å²) in [5.74, 6) is -0.907. The molecule has 0 aliphatic rings. The number of amides is 1. The second-order valence-electron chi connectivity index (χ2n) is 4.01. The van der Waals surface area contributed by atoms with Gasteiger partial charge in [0.1, 0.15) is 0 Å². The van der Waals surface area contributed by atoms with E-state index < -0.39 is 24.1 Å². The summed E-state index contributed by atoms with van der Waals surface area (Å²) in [5.41, 5.74) is -2.68. The van der Waals surface area contributed by atoms with Crippen molar-refractivity contribution in [3.8, 4) is 0 Å². The number of aliphatic hydroxyl groups is 1. The van der Waals surface area contributed by atoms with Crippen molar-refractivity contribution in [3.05, 3.63) is 28.7 Å². The Bertz CT molecular complexity index is 446. The summed E-state index contributed by atoms with van der Waals surface area (Å²) in [6.45, 7) is 0.563. The topological polar surface area (TPSA) is 49.3 Å². The van der Waals surface area contributed by atoms with Crippen LogP contribution in [0.1, 0.15) is 13.3 Å². The highest BCUT2D eigenvalue weighted by molar-refractivity contribution is 9.10. The van der Waals surface area contributed by atoms with Crippen molar-refractivity contribution in [2.75, 3.05) is 5.32 Å². The highest BCUT2D eigenvalue weighted by Crippen LogP contribution is 2.32. The molecule has 0 aliphatic heterocycles. The molecule has 0 bridgehead atoms. The van der Waals surface area contributed by atoms with Gasteiger partial charge in [-0.05, 0) is 25.1 Å². The molecule has 0 saturated carbocycles. The Morgan fingerprint density at radius 2 is 2.06 bits per heavy atom. The zero-order chi connectivity index (χ0) is 14.0. The number of alkyl halides is 3. The monoisotopic (exact) mass is 325 g/mol. The first kappa shape index (κ1) is 15.0. The van der Waals surface area contributed by atoms with E-state index in [0.29, 0.717) is 17.1 Å². The summed E-state index contributed by atoms with van der Waals surface area (Å²) >= 11 is 3.16. The lowest BCUT2D eigenvalue weighted by atomic mass is 10.0. The van der Waals surface area contributed by atoms with Gasteiger partial charge in [0, 0.05) is 10.2 Å². The first-order chi connectivity index (χ1) is 8.12. The summed E-state index contributed by atoms with van der Waals surface area (Å²) in [6, 6.07) is 6.41. The fourth-order valence-corrected chi connectivity index (χ4v) is 1.58. The summed E-state index contributed by atoms with van der Waals surface area (Å²) in [5, 5.41) is 11.4. The molecule has 0 heterocycles. The molecule has 0 unspecified atom stereocenters.